The van der Waals surface area contributed by atoms with Gasteiger partial charge in [0, 0.05) is 11.6 Å². The lowest BCUT2D eigenvalue weighted by atomic mass is 10.2. The molecule has 0 fully saturated rings. The molecule has 2 aromatic rings. The minimum absolute atomic E-state index is 0.106. The van der Waals surface area contributed by atoms with E-state index < -0.39 is 0 Å². The Morgan fingerprint density at radius 3 is 3.31 bits per heavy atom. The zero-order chi connectivity index (χ0) is 11.1. The molecule has 2 aromatic heterocycles. The zero-order valence-corrected chi connectivity index (χ0v) is 9.07. The van der Waals surface area contributed by atoms with Crippen molar-refractivity contribution in [3.05, 3.63) is 18.5 Å². The summed E-state index contributed by atoms with van der Waals surface area (Å²) in [6.45, 7) is 2.88. The number of fused-ring (bicyclic) bond motifs is 3. The first-order valence-electron chi connectivity index (χ1n) is 5.38. The number of anilines is 2. The van der Waals surface area contributed by atoms with Crippen LogP contribution in [0.2, 0.25) is 0 Å². The number of rotatable bonds is 2. The normalized spacial score (nSPS) is 16.2. The number of aliphatic hydroxyl groups is 1. The second-order valence-corrected chi connectivity index (χ2v) is 4.10. The molecule has 0 saturated heterocycles. The Hall–Kier alpha value is -1.75. The summed E-state index contributed by atoms with van der Waals surface area (Å²) in [6.07, 6.45) is 3.72. The maximum atomic E-state index is 9.25. The highest BCUT2D eigenvalue weighted by molar-refractivity contribution is 5.98. The van der Waals surface area contributed by atoms with E-state index in [-0.39, 0.29) is 12.6 Å². The predicted molar refractivity (Wildman–Crippen MR) is 63.6 cm³/mol. The van der Waals surface area contributed by atoms with Crippen LogP contribution in [-0.2, 0) is 0 Å². The molecule has 0 aliphatic carbocycles. The van der Waals surface area contributed by atoms with E-state index in [4.69, 9.17) is 0 Å². The van der Waals surface area contributed by atoms with Gasteiger partial charge in [-0.15, -0.1) is 0 Å². The van der Waals surface area contributed by atoms with Gasteiger partial charge in [-0.3, -0.25) is 0 Å². The third kappa shape index (κ3) is 1.18. The van der Waals surface area contributed by atoms with Crippen LogP contribution in [0.5, 0.6) is 0 Å². The van der Waals surface area contributed by atoms with Crippen molar-refractivity contribution in [2.45, 2.75) is 13.0 Å². The molecule has 0 radical (unpaired) electrons. The molecular weight excluding hydrogens is 204 g/mol. The first kappa shape index (κ1) is 9.47. The van der Waals surface area contributed by atoms with E-state index in [1.54, 1.807) is 0 Å². The number of aromatic nitrogens is 2. The van der Waals surface area contributed by atoms with Crippen molar-refractivity contribution in [1.29, 1.82) is 0 Å². The van der Waals surface area contributed by atoms with E-state index in [9.17, 15) is 5.11 Å². The Labute approximate surface area is 93.1 Å². The molecule has 1 atom stereocenters. The van der Waals surface area contributed by atoms with Crippen LogP contribution in [0.4, 0.5) is 11.4 Å². The van der Waals surface area contributed by atoms with Gasteiger partial charge >= 0.3 is 0 Å². The number of hydrogen-bond acceptors (Lipinski definition) is 4. The Balaban J connectivity index is 2.18. The van der Waals surface area contributed by atoms with Crippen molar-refractivity contribution >= 4 is 22.4 Å². The minimum Gasteiger partial charge on any atom is -0.394 e. The summed E-state index contributed by atoms with van der Waals surface area (Å²) < 4.78 is 0. The quantitative estimate of drug-likeness (QED) is 0.707. The highest BCUT2D eigenvalue weighted by Crippen LogP contribution is 2.37. The smallest absolute Gasteiger partial charge is 0.139 e. The number of pyridine rings is 1. The van der Waals surface area contributed by atoms with Gasteiger partial charge in [0.15, 0.2) is 0 Å². The van der Waals surface area contributed by atoms with Gasteiger partial charge in [-0.25, -0.2) is 4.98 Å². The molecule has 84 valence electrons. The second kappa shape index (κ2) is 3.38. The molecular formula is C11H14N4O. The van der Waals surface area contributed by atoms with Gasteiger partial charge in [0.25, 0.3) is 0 Å². The summed E-state index contributed by atoms with van der Waals surface area (Å²) in [6, 6.07) is 2.12. The van der Waals surface area contributed by atoms with E-state index in [2.05, 4.69) is 20.2 Å². The molecule has 0 amide bonds. The third-order valence-electron chi connectivity index (χ3n) is 3.08. The van der Waals surface area contributed by atoms with Crippen LogP contribution >= 0.6 is 0 Å². The molecule has 5 nitrogen and oxygen atoms in total. The maximum absolute atomic E-state index is 9.25. The molecule has 0 bridgehead atoms. The fourth-order valence-corrected chi connectivity index (χ4v) is 2.16. The third-order valence-corrected chi connectivity index (χ3v) is 3.08. The summed E-state index contributed by atoms with van der Waals surface area (Å²) in [5, 5.41) is 13.6. The molecule has 0 unspecified atom stereocenters. The Morgan fingerprint density at radius 1 is 1.62 bits per heavy atom. The van der Waals surface area contributed by atoms with Gasteiger partial charge in [-0.05, 0) is 13.0 Å². The van der Waals surface area contributed by atoms with E-state index in [1.165, 1.54) is 0 Å². The minimum atomic E-state index is 0.106. The first-order valence-corrected chi connectivity index (χ1v) is 5.38. The molecule has 3 heterocycles. The van der Waals surface area contributed by atoms with Gasteiger partial charge in [0.1, 0.15) is 5.65 Å². The standard InChI is InChI=1S/C11H14N4O/c1-7(5-16)15-6-14-9-4-13-11-8(10(9)15)2-3-12-11/h2-4,7,14,16H,5-6H2,1H3,(H,12,13)/t7-/m0/s1. The van der Waals surface area contributed by atoms with E-state index in [0.29, 0.717) is 0 Å². The molecule has 3 rings (SSSR count). The first-order chi connectivity index (χ1) is 7.81. The highest BCUT2D eigenvalue weighted by atomic mass is 16.3. The van der Waals surface area contributed by atoms with E-state index >= 15 is 0 Å². The highest BCUT2D eigenvalue weighted by Gasteiger charge is 2.25. The summed E-state index contributed by atoms with van der Waals surface area (Å²) in [5.74, 6) is 0. The van der Waals surface area contributed by atoms with E-state index in [0.717, 1.165) is 29.1 Å². The topological polar surface area (TPSA) is 64.2 Å². The van der Waals surface area contributed by atoms with Crippen LogP contribution in [0.25, 0.3) is 11.0 Å². The Bertz CT molecular complexity index is 522. The fraction of sp³-hybridized carbons (Fsp3) is 0.364. The lowest BCUT2D eigenvalue weighted by Gasteiger charge is -2.24. The van der Waals surface area contributed by atoms with Crippen LogP contribution in [0.3, 0.4) is 0 Å². The Kier molecular flexibility index (Phi) is 2.00. The van der Waals surface area contributed by atoms with Crippen LogP contribution in [0.15, 0.2) is 18.5 Å². The van der Waals surface area contributed by atoms with Crippen LogP contribution in [0.1, 0.15) is 6.92 Å². The molecule has 1 aliphatic heterocycles. The summed E-state index contributed by atoms with van der Waals surface area (Å²) in [4.78, 5) is 9.58. The molecule has 5 heteroatoms. The number of aromatic amines is 1. The van der Waals surface area contributed by atoms with Crippen molar-refractivity contribution in [2.75, 3.05) is 23.5 Å². The van der Waals surface area contributed by atoms with Gasteiger partial charge in [0.2, 0.25) is 0 Å². The predicted octanol–water partition coefficient (Wildman–Crippen LogP) is 1.13. The Morgan fingerprint density at radius 2 is 2.50 bits per heavy atom. The lowest BCUT2D eigenvalue weighted by molar-refractivity contribution is 0.269. The van der Waals surface area contributed by atoms with Crippen LogP contribution in [0, 0.1) is 0 Å². The molecule has 1 aliphatic rings. The summed E-state index contributed by atoms with van der Waals surface area (Å²) in [7, 11) is 0. The maximum Gasteiger partial charge on any atom is 0.139 e. The average Bonchev–Trinajstić information content (AvgIpc) is 2.92. The number of nitrogens with one attached hydrogen (secondary N) is 2. The van der Waals surface area contributed by atoms with Crippen molar-refractivity contribution in [1.82, 2.24) is 9.97 Å². The molecule has 0 spiro atoms. The van der Waals surface area contributed by atoms with Gasteiger partial charge < -0.3 is 20.3 Å². The summed E-state index contributed by atoms with van der Waals surface area (Å²) >= 11 is 0. The van der Waals surface area contributed by atoms with Gasteiger partial charge in [-0.2, -0.15) is 0 Å². The second-order valence-electron chi connectivity index (χ2n) is 4.10. The number of nitrogens with zero attached hydrogens (tertiary/aromatic N) is 2. The van der Waals surface area contributed by atoms with Crippen molar-refractivity contribution < 1.29 is 5.11 Å². The van der Waals surface area contributed by atoms with E-state index in [1.807, 2.05) is 25.4 Å². The van der Waals surface area contributed by atoms with Crippen LogP contribution < -0.4 is 10.2 Å². The molecule has 3 N–H and O–H groups in total. The van der Waals surface area contributed by atoms with Crippen molar-refractivity contribution in [3.63, 3.8) is 0 Å². The molecule has 0 aromatic carbocycles. The number of H-pyrrole nitrogens is 1. The zero-order valence-electron chi connectivity index (χ0n) is 9.07. The van der Waals surface area contributed by atoms with Crippen molar-refractivity contribution in [2.24, 2.45) is 0 Å². The van der Waals surface area contributed by atoms with Crippen molar-refractivity contribution in [3.8, 4) is 0 Å². The SMILES string of the molecule is C[C@@H](CO)N1CNc2cnc3[nH]ccc3c21. The molecule has 0 saturated carbocycles. The lowest BCUT2D eigenvalue weighted by Crippen LogP contribution is -2.35. The van der Waals surface area contributed by atoms with Gasteiger partial charge in [-0.1, -0.05) is 0 Å². The molecule has 16 heavy (non-hydrogen) atoms. The fourth-order valence-electron chi connectivity index (χ4n) is 2.16. The summed E-state index contributed by atoms with van der Waals surface area (Å²) in [5.41, 5.74) is 3.05. The largest absolute Gasteiger partial charge is 0.394 e. The van der Waals surface area contributed by atoms with Gasteiger partial charge in [0.05, 0.1) is 36.9 Å². The number of hydrogen-bond donors (Lipinski definition) is 3. The monoisotopic (exact) mass is 218 g/mol. The van der Waals surface area contributed by atoms with Crippen LogP contribution in [-0.4, -0.2) is 34.4 Å². The number of aliphatic hydroxyl groups excluding tert-OH is 1. The average molecular weight is 218 g/mol.